The van der Waals surface area contributed by atoms with Gasteiger partial charge >= 0.3 is 0 Å². The number of pyridine rings is 1. The lowest BCUT2D eigenvalue weighted by Gasteiger charge is -2.01. The maximum absolute atomic E-state index is 12.3. The van der Waals surface area contributed by atoms with Crippen LogP contribution in [0.2, 0.25) is 0 Å². The van der Waals surface area contributed by atoms with Crippen LogP contribution in [0.1, 0.15) is 22.2 Å². The number of aromatic nitrogens is 3. The zero-order valence-electron chi connectivity index (χ0n) is 12.8. The first-order valence-electron chi connectivity index (χ1n) is 7.20. The van der Waals surface area contributed by atoms with Crippen molar-refractivity contribution < 1.29 is 4.79 Å². The molecule has 3 rings (SSSR count). The molecule has 0 radical (unpaired) electrons. The molecule has 3 aromatic rings. The Balaban J connectivity index is 1.80. The van der Waals surface area contributed by atoms with E-state index < -0.39 is 0 Å². The zero-order chi connectivity index (χ0) is 16.4. The van der Waals surface area contributed by atoms with E-state index >= 15 is 0 Å². The van der Waals surface area contributed by atoms with Crippen molar-refractivity contribution in [2.24, 2.45) is 0 Å². The van der Waals surface area contributed by atoms with Crippen LogP contribution in [-0.2, 0) is 6.54 Å². The molecular weight excluding hydrogens is 312 g/mol. The third-order valence-corrected chi connectivity index (χ3v) is 4.56. The fourth-order valence-electron chi connectivity index (χ4n) is 2.24. The fourth-order valence-corrected chi connectivity index (χ4v) is 3.22. The van der Waals surface area contributed by atoms with Gasteiger partial charge in [0, 0.05) is 35.4 Å². The molecule has 0 saturated carbocycles. The van der Waals surface area contributed by atoms with Crippen molar-refractivity contribution in [1.82, 2.24) is 14.8 Å². The van der Waals surface area contributed by atoms with Crippen molar-refractivity contribution in [2.75, 3.05) is 5.32 Å². The topological polar surface area (TPSA) is 79.8 Å². The Morgan fingerprint density at radius 3 is 2.96 bits per heavy atom. The summed E-state index contributed by atoms with van der Waals surface area (Å²) in [6.07, 6.45) is 5.09. The number of carbonyl (C=O) groups excluding carboxylic acids is 1. The molecule has 3 aromatic heterocycles. The van der Waals surface area contributed by atoms with Crippen LogP contribution >= 0.6 is 11.3 Å². The standard InChI is InChI=1S/C16H16N4O2S/c1-3-20-9-11(7-18-20)19-16(22)14-5-4-13(23-14)12-8-17-15(21)6-10(12)2/h4-9H,3H2,1-2H3,(H,17,21)(H,19,22). The summed E-state index contributed by atoms with van der Waals surface area (Å²) in [6, 6.07) is 5.22. The average Bonchev–Trinajstić information content (AvgIpc) is 3.16. The van der Waals surface area contributed by atoms with Gasteiger partial charge in [-0.3, -0.25) is 14.3 Å². The van der Waals surface area contributed by atoms with Crippen LogP contribution in [0.25, 0.3) is 10.4 Å². The van der Waals surface area contributed by atoms with Crippen LogP contribution in [0.4, 0.5) is 5.69 Å². The number of rotatable bonds is 4. The van der Waals surface area contributed by atoms with Gasteiger partial charge in [-0.25, -0.2) is 0 Å². The molecule has 0 bridgehead atoms. The highest BCUT2D eigenvalue weighted by atomic mass is 32.1. The lowest BCUT2D eigenvalue weighted by atomic mass is 10.1. The number of hydrogen-bond donors (Lipinski definition) is 2. The second kappa shape index (κ2) is 6.21. The summed E-state index contributed by atoms with van der Waals surface area (Å²) in [4.78, 5) is 27.8. The summed E-state index contributed by atoms with van der Waals surface area (Å²) in [7, 11) is 0. The van der Waals surface area contributed by atoms with Gasteiger partial charge in [0.25, 0.3) is 5.91 Å². The van der Waals surface area contributed by atoms with E-state index in [9.17, 15) is 9.59 Å². The first kappa shape index (κ1) is 15.2. The number of carbonyl (C=O) groups is 1. The molecule has 118 valence electrons. The minimum atomic E-state index is -0.168. The first-order chi connectivity index (χ1) is 11.1. The Morgan fingerprint density at radius 2 is 2.26 bits per heavy atom. The number of aromatic amines is 1. The van der Waals surface area contributed by atoms with Gasteiger partial charge in [0.05, 0.1) is 16.8 Å². The van der Waals surface area contributed by atoms with Crippen LogP contribution in [-0.4, -0.2) is 20.7 Å². The van der Waals surface area contributed by atoms with Gasteiger partial charge in [-0.05, 0) is 31.5 Å². The molecule has 2 N–H and O–H groups in total. The SMILES string of the molecule is CCn1cc(NC(=O)c2ccc(-c3c[nH]c(=O)cc3C)s2)cn1. The number of hydrogen-bond acceptors (Lipinski definition) is 4. The maximum atomic E-state index is 12.3. The second-order valence-corrected chi connectivity index (χ2v) is 6.18. The van der Waals surface area contributed by atoms with Crippen LogP contribution in [0.5, 0.6) is 0 Å². The van der Waals surface area contributed by atoms with Crippen molar-refractivity contribution in [2.45, 2.75) is 20.4 Å². The number of anilines is 1. The highest BCUT2D eigenvalue weighted by Gasteiger charge is 2.12. The molecular formula is C16H16N4O2S. The number of nitrogens with one attached hydrogen (secondary N) is 2. The van der Waals surface area contributed by atoms with Gasteiger partial charge in [-0.2, -0.15) is 5.10 Å². The molecule has 0 aliphatic heterocycles. The van der Waals surface area contributed by atoms with Crippen LogP contribution in [0.15, 0.2) is 41.6 Å². The van der Waals surface area contributed by atoms with E-state index in [1.165, 1.54) is 11.3 Å². The number of amides is 1. The molecule has 0 atom stereocenters. The first-order valence-corrected chi connectivity index (χ1v) is 8.02. The number of nitrogens with zero attached hydrogens (tertiary/aromatic N) is 2. The smallest absolute Gasteiger partial charge is 0.265 e. The number of thiophene rings is 1. The monoisotopic (exact) mass is 328 g/mol. The highest BCUT2D eigenvalue weighted by Crippen LogP contribution is 2.29. The Hall–Kier alpha value is -2.67. The summed E-state index contributed by atoms with van der Waals surface area (Å²) >= 11 is 1.38. The largest absolute Gasteiger partial charge is 0.328 e. The van der Waals surface area contributed by atoms with E-state index in [1.54, 1.807) is 35.4 Å². The van der Waals surface area contributed by atoms with E-state index in [2.05, 4.69) is 15.4 Å². The maximum Gasteiger partial charge on any atom is 0.265 e. The van der Waals surface area contributed by atoms with Gasteiger partial charge < -0.3 is 10.3 Å². The Bertz CT molecular complexity index is 907. The molecule has 0 unspecified atom stereocenters. The van der Waals surface area contributed by atoms with E-state index in [1.807, 2.05) is 19.9 Å². The Kier molecular flexibility index (Phi) is 4.12. The van der Waals surface area contributed by atoms with Gasteiger partial charge in [-0.1, -0.05) is 0 Å². The zero-order valence-corrected chi connectivity index (χ0v) is 13.6. The third-order valence-electron chi connectivity index (χ3n) is 3.44. The van der Waals surface area contributed by atoms with Crippen molar-refractivity contribution in [3.63, 3.8) is 0 Å². The van der Waals surface area contributed by atoms with Crippen molar-refractivity contribution in [3.8, 4) is 10.4 Å². The van der Waals surface area contributed by atoms with Crippen molar-refractivity contribution >= 4 is 22.9 Å². The predicted molar refractivity (Wildman–Crippen MR) is 91.0 cm³/mol. The van der Waals surface area contributed by atoms with Gasteiger partial charge in [0.2, 0.25) is 5.56 Å². The molecule has 1 amide bonds. The van der Waals surface area contributed by atoms with Crippen molar-refractivity contribution in [1.29, 1.82) is 0 Å². The van der Waals surface area contributed by atoms with E-state index in [0.29, 0.717) is 10.6 Å². The fraction of sp³-hybridized carbons (Fsp3) is 0.188. The molecule has 3 heterocycles. The normalized spacial score (nSPS) is 10.7. The molecule has 6 nitrogen and oxygen atoms in total. The molecule has 0 saturated heterocycles. The lowest BCUT2D eigenvalue weighted by molar-refractivity contribution is 0.103. The Labute approximate surface area is 136 Å². The summed E-state index contributed by atoms with van der Waals surface area (Å²) in [6.45, 7) is 4.62. The van der Waals surface area contributed by atoms with Gasteiger partial charge in [-0.15, -0.1) is 11.3 Å². The molecule has 0 fully saturated rings. The van der Waals surface area contributed by atoms with Gasteiger partial charge in [0.1, 0.15) is 0 Å². The average molecular weight is 328 g/mol. The molecule has 0 aromatic carbocycles. The van der Waals surface area contributed by atoms with E-state index in [-0.39, 0.29) is 11.5 Å². The van der Waals surface area contributed by atoms with Crippen LogP contribution in [0.3, 0.4) is 0 Å². The quantitative estimate of drug-likeness (QED) is 0.773. The van der Waals surface area contributed by atoms with E-state index in [4.69, 9.17) is 0 Å². The van der Waals surface area contributed by atoms with Gasteiger partial charge in [0.15, 0.2) is 0 Å². The summed E-state index contributed by atoms with van der Waals surface area (Å²) in [5.74, 6) is -0.168. The third kappa shape index (κ3) is 3.24. The minimum Gasteiger partial charge on any atom is -0.328 e. The minimum absolute atomic E-state index is 0.131. The number of aryl methyl sites for hydroxylation is 2. The summed E-state index contributed by atoms with van der Waals surface area (Å²) in [5, 5.41) is 6.96. The van der Waals surface area contributed by atoms with Crippen molar-refractivity contribution in [3.05, 3.63) is 57.6 Å². The van der Waals surface area contributed by atoms with Crippen LogP contribution in [0, 0.1) is 6.92 Å². The molecule has 0 aliphatic carbocycles. The molecule has 7 heteroatoms. The molecule has 23 heavy (non-hydrogen) atoms. The Morgan fingerprint density at radius 1 is 1.43 bits per heavy atom. The second-order valence-electron chi connectivity index (χ2n) is 5.10. The lowest BCUT2D eigenvalue weighted by Crippen LogP contribution is -2.09. The van der Waals surface area contributed by atoms with E-state index in [0.717, 1.165) is 22.5 Å². The molecule has 0 spiro atoms. The van der Waals surface area contributed by atoms with Crippen LogP contribution < -0.4 is 10.9 Å². The summed E-state index contributed by atoms with van der Waals surface area (Å²) in [5.41, 5.74) is 2.35. The predicted octanol–water partition coefficient (Wildman–Crippen LogP) is 2.88. The summed E-state index contributed by atoms with van der Waals surface area (Å²) < 4.78 is 1.75. The number of H-pyrrole nitrogens is 1. The molecule has 0 aliphatic rings. The highest BCUT2D eigenvalue weighted by molar-refractivity contribution is 7.17.